The smallest absolute Gasteiger partial charge is 0.166 e. The van der Waals surface area contributed by atoms with E-state index < -0.39 is 6.10 Å². The summed E-state index contributed by atoms with van der Waals surface area (Å²) < 4.78 is 5.77. The van der Waals surface area contributed by atoms with Crippen LogP contribution in [0.15, 0.2) is 66.9 Å². The van der Waals surface area contributed by atoms with E-state index >= 15 is 0 Å². The molecular weight excluding hydrogens is 426 g/mol. The molecule has 4 atom stereocenters. The molecule has 1 aliphatic rings. The molecule has 1 heterocycles. The van der Waals surface area contributed by atoms with Crippen molar-refractivity contribution in [2.45, 2.75) is 38.1 Å². The Morgan fingerprint density at radius 2 is 1.91 bits per heavy atom. The van der Waals surface area contributed by atoms with E-state index in [1.165, 1.54) is 0 Å². The summed E-state index contributed by atoms with van der Waals surface area (Å²) in [5.74, 6) is 1.22. The summed E-state index contributed by atoms with van der Waals surface area (Å²) in [6, 6.07) is 19.2. The molecular formula is C25H28ClN3O3. The number of ether oxygens (including phenoxy) is 1. The van der Waals surface area contributed by atoms with Gasteiger partial charge in [-0.3, -0.25) is 0 Å². The number of aromatic nitrogens is 2. The average Bonchev–Trinajstić information content (AvgIpc) is 3.11. The summed E-state index contributed by atoms with van der Waals surface area (Å²) in [4.78, 5) is 8.99. The molecule has 0 saturated heterocycles. The van der Waals surface area contributed by atoms with Crippen molar-refractivity contribution in [3.63, 3.8) is 0 Å². The maximum Gasteiger partial charge on any atom is 0.166 e. The van der Waals surface area contributed by atoms with Gasteiger partial charge in [0.1, 0.15) is 12.4 Å². The third-order valence-corrected chi connectivity index (χ3v) is 6.28. The van der Waals surface area contributed by atoms with Crippen LogP contribution in [0.4, 0.5) is 0 Å². The number of hydrogen-bond acceptors (Lipinski definition) is 6. The lowest BCUT2D eigenvalue weighted by Gasteiger charge is -2.25. The first-order valence-electron chi connectivity index (χ1n) is 10.9. The summed E-state index contributed by atoms with van der Waals surface area (Å²) in [6.45, 7) is 0.869. The van der Waals surface area contributed by atoms with Crippen molar-refractivity contribution in [3.05, 3.63) is 89.0 Å². The second-order valence-corrected chi connectivity index (χ2v) is 8.64. The number of rotatable bonds is 9. The van der Waals surface area contributed by atoms with Gasteiger partial charge in [-0.15, -0.1) is 0 Å². The third-order valence-electron chi connectivity index (χ3n) is 6.04. The molecule has 0 aliphatic heterocycles. The van der Waals surface area contributed by atoms with E-state index in [9.17, 15) is 10.2 Å². The average molecular weight is 454 g/mol. The van der Waals surface area contributed by atoms with Gasteiger partial charge in [0.05, 0.1) is 6.10 Å². The highest BCUT2D eigenvalue weighted by molar-refractivity contribution is 6.30. The lowest BCUT2D eigenvalue weighted by Crippen LogP contribution is -2.36. The van der Waals surface area contributed by atoms with Crippen molar-refractivity contribution >= 4 is 11.6 Å². The van der Waals surface area contributed by atoms with Crippen molar-refractivity contribution in [1.82, 2.24) is 15.3 Å². The summed E-state index contributed by atoms with van der Waals surface area (Å²) >= 11 is 6.10. The van der Waals surface area contributed by atoms with E-state index in [1.54, 1.807) is 6.20 Å². The predicted molar refractivity (Wildman–Crippen MR) is 123 cm³/mol. The second kappa shape index (κ2) is 10.9. The number of hydrogen-bond donors (Lipinski definition) is 3. The van der Waals surface area contributed by atoms with E-state index in [0.717, 1.165) is 17.0 Å². The van der Waals surface area contributed by atoms with Gasteiger partial charge in [-0.2, -0.15) is 0 Å². The van der Waals surface area contributed by atoms with E-state index in [1.807, 2.05) is 60.7 Å². The zero-order chi connectivity index (χ0) is 22.3. The van der Waals surface area contributed by atoms with Crippen LogP contribution in [0.1, 0.15) is 23.5 Å². The monoisotopic (exact) mass is 453 g/mol. The minimum atomic E-state index is -0.551. The SMILES string of the molecule is OC[C@@H]1[C@@H](Cc2ccnc(COc3ccccc3)n2)[C@H](NCc2cccc(Cl)c2)C[C@H]1O. The summed E-state index contributed by atoms with van der Waals surface area (Å²) in [5.41, 5.74) is 1.96. The van der Waals surface area contributed by atoms with E-state index in [2.05, 4.69) is 15.3 Å². The van der Waals surface area contributed by atoms with Gasteiger partial charge in [-0.05, 0) is 54.7 Å². The largest absolute Gasteiger partial charge is 0.486 e. The van der Waals surface area contributed by atoms with Crippen molar-refractivity contribution in [3.8, 4) is 5.75 Å². The molecule has 3 aromatic rings. The number of benzene rings is 2. The normalized spacial score (nSPS) is 22.7. The molecule has 0 unspecified atom stereocenters. The first-order chi connectivity index (χ1) is 15.6. The third kappa shape index (κ3) is 5.84. The topological polar surface area (TPSA) is 87.5 Å². The van der Waals surface area contributed by atoms with Gasteiger partial charge in [0.15, 0.2) is 5.82 Å². The van der Waals surface area contributed by atoms with Crippen molar-refractivity contribution in [1.29, 1.82) is 0 Å². The maximum atomic E-state index is 10.5. The van der Waals surface area contributed by atoms with Crippen LogP contribution in [0.5, 0.6) is 5.75 Å². The lowest BCUT2D eigenvalue weighted by atomic mass is 9.88. The van der Waals surface area contributed by atoms with Gasteiger partial charge in [0, 0.05) is 42.0 Å². The molecule has 1 saturated carbocycles. The van der Waals surface area contributed by atoms with Crippen LogP contribution < -0.4 is 10.1 Å². The second-order valence-electron chi connectivity index (χ2n) is 8.20. The fourth-order valence-electron chi connectivity index (χ4n) is 4.41. The van der Waals surface area contributed by atoms with Crippen LogP contribution in [0.25, 0.3) is 0 Å². The number of halogens is 1. The number of nitrogens with one attached hydrogen (secondary N) is 1. The quantitative estimate of drug-likeness (QED) is 0.460. The highest BCUT2D eigenvalue weighted by atomic mass is 35.5. The highest BCUT2D eigenvalue weighted by Gasteiger charge is 2.42. The molecule has 32 heavy (non-hydrogen) atoms. The minimum Gasteiger partial charge on any atom is -0.486 e. The van der Waals surface area contributed by atoms with Crippen molar-refractivity contribution in [2.24, 2.45) is 11.8 Å². The van der Waals surface area contributed by atoms with Crippen LogP contribution in [0.3, 0.4) is 0 Å². The first kappa shape index (κ1) is 22.7. The molecule has 0 radical (unpaired) electrons. The Labute approximate surface area is 193 Å². The van der Waals surface area contributed by atoms with Gasteiger partial charge < -0.3 is 20.3 Å². The Balaban J connectivity index is 1.42. The number of nitrogens with zero attached hydrogens (tertiary/aromatic N) is 2. The van der Waals surface area contributed by atoms with E-state index in [4.69, 9.17) is 16.3 Å². The van der Waals surface area contributed by atoms with Crippen molar-refractivity contribution < 1.29 is 14.9 Å². The van der Waals surface area contributed by atoms with Crippen LogP contribution in [0, 0.1) is 11.8 Å². The Bertz CT molecular complexity index is 1000. The molecule has 0 spiro atoms. The zero-order valence-electron chi connectivity index (χ0n) is 17.8. The molecule has 1 fully saturated rings. The molecule has 4 rings (SSSR count). The summed E-state index contributed by atoms with van der Waals surface area (Å²) in [5, 5.41) is 24.7. The van der Waals surface area contributed by atoms with Gasteiger partial charge in [0.2, 0.25) is 0 Å². The molecule has 168 valence electrons. The summed E-state index contributed by atoms with van der Waals surface area (Å²) in [7, 11) is 0. The number of aliphatic hydroxyl groups excluding tert-OH is 2. The molecule has 0 amide bonds. The van der Waals surface area contributed by atoms with Gasteiger partial charge in [-0.1, -0.05) is 41.9 Å². The molecule has 0 bridgehead atoms. The van der Waals surface area contributed by atoms with Gasteiger partial charge in [-0.25, -0.2) is 9.97 Å². The summed E-state index contributed by atoms with van der Waals surface area (Å²) in [6.07, 6.45) is 2.41. The zero-order valence-corrected chi connectivity index (χ0v) is 18.5. The van der Waals surface area contributed by atoms with Crippen LogP contribution >= 0.6 is 11.6 Å². The Kier molecular flexibility index (Phi) is 7.71. The fourth-order valence-corrected chi connectivity index (χ4v) is 4.62. The number of para-hydroxylation sites is 1. The Morgan fingerprint density at radius 1 is 1.06 bits per heavy atom. The van der Waals surface area contributed by atoms with Crippen LogP contribution in [0.2, 0.25) is 5.02 Å². The molecule has 7 heteroatoms. The van der Waals surface area contributed by atoms with E-state index in [0.29, 0.717) is 30.2 Å². The van der Waals surface area contributed by atoms with Crippen LogP contribution in [-0.4, -0.2) is 38.9 Å². The Hall–Kier alpha value is -2.51. The molecule has 2 aromatic carbocycles. The minimum absolute atomic E-state index is 0.0481. The standard InChI is InChI=1S/C25H28ClN3O3/c26-18-6-4-5-17(11-18)14-28-23-13-24(31)22(15-30)21(23)12-19-9-10-27-25(29-19)16-32-20-7-2-1-3-8-20/h1-11,21-24,28,30-31H,12-16H2/t21-,22-,23-,24-/m1/s1. The molecule has 3 N–H and O–H groups in total. The van der Waals surface area contributed by atoms with E-state index in [-0.39, 0.29) is 31.1 Å². The first-order valence-corrected chi connectivity index (χ1v) is 11.3. The predicted octanol–water partition coefficient (Wildman–Crippen LogP) is 3.40. The fraction of sp³-hybridized carbons (Fsp3) is 0.360. The highest BCUT2D eigenvalue weighted by Crippen LogP contribution is 2.35. The maximum absolute atomic E-state index is 10.5. The van der Waals surface area contributed by atoms with Gasteiger partial charge >= 0.3 is 0 Å². The van der Waals surface area contributed by atoms with Crippen LogP contribution in [-0.2, 0) is 19.6 Å². The van der Waals surface area contributed by atoms with Gasteiger partial charge in [0.25, 0.3) is 0 Å². The number of aliphatic hydroxyl groups is 2. The molecule has 6 nitrogen and oxygen atoms in total. The molecule has 1 aliphatic carbocycles. The Morgan fingerprint density at radius 3 is 2.69 bits per heavy atom. The van der Waals surface area contributed by atoms with Crippen molar-refractivity contribution in [2.75, 3.05) is 6.61 Å². The molecule has 1 aromatic heterocycles. The lowest BCUT2D eigenvalue weighted by molar-refractivity contribution is 0.0715.